The van der Waals surface area contributed by atoms with E-state index in [1.807, 2.05) is 26.0 Å². The van der Waals surface area contributed by atoms with Crippen LogP contribution in [0.15, 0.2) is 24.5 Å². The van der Waals surface area contributed by atoms with Gasteiger partial charge >= 0.3 is 0 Å². The molecule has 1 aromatic heterocycles. The molecule has 0 bridgehead atoms. The summed E-state index contributed by atoms with van der Waals surface area (Å²) in [6.45, 7) is 3.92. The van der Waals surface area contributed by atoms with Gasteiger partial charge in [-0.25, -0.2) is 0 Å². The van der Waals surface area contributed by atoms with Gasteiger partial charge in [-0.2, -0.15) is 0 Å². The molecule has 0 saturated heterocycles. The number of carbonyl (C=O) groups excluding carboxylic acids is 1. The first kappa shape index (κ1) is 10.7. The maximum Gasteiger partial charge on any atom is 0.220 e. The van der Waals surface area contributed by atoms with Crippen LogP contribution in [0.2, 0.25) is 0 Å². The minimum absolute atomic E-state index is 0.101. The molecule has 3 nitrogen and oxygen atoms in total. The predicted molar refractivity (Wildman–Crippen MR) is 55.8 cm³/mol. The van der Waals surface area contributed by atoms with Crippen molar-refractivity contribution in [3.05, 3.63) is 30.1 Å². The second-order valence-corrected chi connectivity index (χ2v) is 3.58. The van der Waals surface area contributed by atoms with E-state index < -0.39 is 0 Å². The Morgan fingerprint density at radius 1 is 1.57 bits per heavy atom. The van der Waals surface area contributed by atoms with Crippen molar-refractivity contribution in [2.24, 2.45) is 0 Å². The highest BCUT2D eigenvalue weighted by molar-refractivity contribution is 5.76. The van der Waals surface area contributed by atoms with E-state index in [9.17, 15) is 4.79 Å². The van der Waals surface area contributed by atoms with Crippen LogP contribution in [0.4, 0.5) is 0 Å². The topological polar surface area (TPSA) is 42.0 Å². The lowest BCUT2D eigenvalue weighted by Gasteiger charge is -2.07. The molecule has 14 heavy (non-hydrogen) atoms. The molecule has 3 heteroatoms. The molecule has 0 aliphatic carbocycles. The highest BCUT2D eigenvalue weighted by atomic mass is 16.1. The third-order valence-electron chi connectivity index (χ3n) is 1.81. The van der Waals surface area contributed by atoms with Gasteiger partial charge in [0.25, 0.3) is 0 Å². The number of carbonyl (C=O) groups is 1. The summed E-state index contributed by atoms with van der Waals surface area (Å²) in [5.74, 6) is 0.101. The maximum atomic E-state index is 11.3. The molecular formula is C11H16N2O. The van der Waals surface area contributed by atoms with E-state index in [1.54, 1.807) is 12.4 Å². The van der Waals surface area contributed by atoms with E-state index in [1.165, 1.54) is 0 Å². The molecule has 1 amide bonds. The average Bonchev–Trinajstić information content (AvgIpc) is 2.15. The van der Waals surface area contributed by atoms with Crippen molar-refractivity contribution in [1.82, 2.24) is 10.3 Å². The summed E-state index contributed by atoms with van der Waals surface area (Å²) < 4.78 is 0. The number of nitrogens with zero attached hydrogens (tertiary/aromatic N) is 1. The molecule has 0 radical (unpaired) electrons. The average molecular weight is 192 g/mol. The normalized spacial score (nSPS) is 10.2. The predicted octanol–water partition coefficient (Wildman–Crippen LogP) is 1.54. The van der Waals surface area contributed by atoms with Crippen molar-refractivity contribution in [3.8, 4) is 0 Å². The van der Waals surface area contributed by atoms with Crippen molar-refractivity contribution in [2.75, 3.05) is 0 Å². The lowest BCUT2D eigenvalue weighted by molar-refractivity contribution is -0.121. The molecule has 1 heterocycles. The third kappa shape index (κ3) is 4.03. The molecular weight excluding hydrogens is 176 g/mol. The number of amides is 1. The van der Waals surface area contributed by atoms with Crippen molar-refractivity contribution >= 4 is 5.91 Å². The van der Waals surface area contributed by atoms with E-state index in [0.29, 0.717) is 6.42 Å². The molecule has 1 N–H and O–H groups in total. The summed E-state index contributed by atoms with van der Waals surface area (Å²) in [6.07, 6.45) is 4.82. The lowest BCUT2D eigenvalue weighted by Crippen LogP contribution is -2.30. The second kappa shape index (κ2) is 5.37. The Morgan fingerprint density at radius 3 is 2.93 bits per heavy atom. The Morgan fingerprint density at radius 2 is 2.36 bits per heavy atom. The Kier molecular flexibility index (Phi) is 4.11. The molecule has 0 aromatic carbocycles. The van der Waals surface area contributed by atoms with Crippen LogP contribution in [-0.2, 0) is 11.2 Å². The summed E-state index contributed by atoms with van der Waals surface area (Å²) >= 11 is 0. The van der Waals surface area contributed by atoms with Crippen molar-refractivity contribution in [2.45, 2.75) is 32.7 Å². The lowest BCUT2D eigenvalue weighted by atomic mass is 10.1. The zero-order chi connectivity index (χ0) is 10.4. The molecule has 1 aromatic rings. The third-order valence-corrected chi connectivity index (χ3v) is 1.81. The maximum absolute atomic E-state index is 11.3. The fourth-order valence-corrected chi connectivity index (χ4v) is 1.20. The van der Waals surface area contributed by atoms with Gasteiger partial charge in [-0.3, -0.25) is 9.78 Å². The zero-order valence-electron chi connectivity index (χ0n) is 8.66. The smallest absolute Gasteiger partial charge is 0.220 e. The van der Waals surface area contributed by atoms with Crippen LogP contribution in [0, 0.1) is 0 Å². The number of rotatable bonds is 4. The van der Waals surface area contributed by atoms with Crippen molar-refractivity contribution in [3.63, 3.8) is 0 Å². The largest absolute Gasteiger partial charge is 0.354 e. The number of pyridine rings is 1. The molecule has 0 saturated carbocycles. The van der Waals surface area contributed by atoms with Gasteiger partial charge in [0.05, 0.1) is 0 Å². The second-order valence-electron chi connectivity index (χ2n) is 3.58. The summed E-state index contributed by atoms with van der Waals surface area (Å²) in [4.78, 5) is 15.3. The van der Waals surface area contributed by atoms with Crippen molar-refractivity contribution < 1.29 is 4.79 Å². The first-order valence-electron chi connectivity index (χ1n) is 4.87. The number of aryl methyl sites for hydroxylation is 1. The van der Waals surface area contributed by atoms with Gasteiger partial charge in [-0.05, 0) is 31.9 Å². The van der Waals surface area contributed by atoms with E-state index in [-0.39, 0.29) is 11.9 Å². The van der Waals surface area contributed by atoms with Gasteiger partial charge in [0, 0.05) is 24.9 Å². The Labute approximate surface area is 84.6 Å². The van der Waals surface area contributed by atoms with E-state index >= 15 is 0 Å². The summed E-state index contributed by atoms with van der Waals surface area (Å²) in [7, 11) is 0. The van der Waals surface area contributed by atoms with Crippen LogP contribution in [-0.4, -0.2) is 16.9 Å². The first-order valence-corrected chi connectivity index (χ1v) is 4.87. The SMILES string of the molecule is CC(C)NC(=O)CCc1cccnc1. The van der Waals surface area contributed by atoms with Crippen LogP contribution in [0.3, 0.4) is 0 Å². The van der Waals surface area contributed by atoms with Crippen LogP contribution in [0.25, 0.3) is 0 Å². The summed E-state index contributed by atoms with van der Waals surface area (Å²) in [5.41, 5.74) is 1.10. The Hall–Kier alpha value is -1.38. The number of aromatic nitrogens is 1. The van der Waals surface area contributed by atoms with E-state index in [0.717, 1.165) is 12.0 Å². The molecule has 1 rings (SSSR count). The first-order chi connectivity index (χ1) is 6.68. The minimum Gasteiger partial charge on any atom is -0.354 e. The summed E-state index contributed by atoms with van der Waals surface area (Å²) in [6, 6.07) is 4.09. The monoisotopic (exact) mass is 192 g/mol. The van der Waals surface area contributed by atoms with Crippen LogP contribution >= 0.6 is 0 Å². The molecule has 0 fully saturated rings. The van der Waals surface area contributed by atoms with Gasteiger partial charge in [0.15, 0.2) is 0 Å². The van der Waals surface area contributed by atoms with E-state index in [2.05, 4.69) is 10.3 Å². The van der Waals surface area contributed by atoms with Crippen LogP contribution < -0.4 is 5.32 Å². The quantitative estimate of drug-likeness (QED) is 0.786. The minimum atomic E-state index is 0.101. The molecule has 76 valence electrons. The van der Waals surface area contributed by atoms with Crippen LogP contribution in [0.1, 0.15) is 25.8 Å². The highest BCUT2D eigenvalue weighted by Gasteiger charge is 2.03. The zero-order valence-corrected chi connectivity index (χ0v) is 8.66. The van der Waals surface area contributed by atoms with Gasteiger partial charge in [0.1, 0.15) is 0 Å². The molecule has 0 spiro atoms. The standard InChI is InChI=1S/C11H16N2O/c1-9(2)13-11(14)6-5-10-4-3-7-12-8-10/h3-4,7-9H,5-6H2,1-2H3,(H,13,14). The Balaban J connectivity index is 2.31. The number of hydrogen-bond donors (Lipinski definition) is 1. The van der Waals surface area contributed by atoms with Crippen LogP contribution in [0.5, 0.6) is 0 Å². The number of hydrogen-bond acceptors (Lipinski definition) is 2. The highest BCUT2D eigenvalue weighted by Crippen LogP contribution is 2.00. The molecule has 0 aliphatic heterocycles. The van der Waals surface area contributed by atoms with Crippen molar-refractivity contribution in [1.29, 1.82) is 0 Å². The molecule has 0 aliphatic rings. The number of nitrogens with one attached hydrogen (secondary N) is 1. The molecule has 0 unspecified atom stereocenters. The fraction of sp³-hybridized carbons (Fsp3) is 0.455. The van der Waals surface area contributed by atoms with E-state index in [4.69, 9.17) is 0 Å². The fourth-order valence-electron chi connectivity index (χ4n) is 1.20. The van der Waals surface area contributed by atoms with Gasteiger partial charge in [0.2, 0.25) is 5.91 Å². The Bertz CT molecular complexity index is 283. The van der Waals surface area contributed by atoms with Gasteiger partial charge in [-0.1, -0.05) is 6.07 Å². The van der Waals surface area contributed by atoms with Gasteiger partial charge in [-0.15, -0.1) is 0 Å². The summed E-state index contributed by atoms with van der Waals surface area (Å²) in [5, 5.41) is 2.85. The molecule has 0 atom stereocenters. The van der Waals surface area contributed by atoms with Gasteiger partial charge < -0.3 is 5.32 Å².